The molecule has 0 spiro atoms. The lowest BCUT2D eigenvalue weighted by atomic mass is 10.1. The molecular formula is C21H21FN2O5. The first-order chi connectivity index (χ1) is 13.9. The number of halogens is 1. The topological polar surface area (TPSA) is 84.9 Å². The van der Waals surface area contributed by atoms with E-state index in [2.05, 4.69) is 5.32 Å². The van der Waals surface area contributed by atoms with E-state index in [9.17, 15) is 18.8 Å². The lowest BCUT2D eigenvalue weighted by molar-refractivity contribution is -0.148. The predicted octanol–water partition coefficient (Wildman–Crippen LogP) is 2.90. The molecule has 0 saturated carbocycles. The Balaban J connectivity index is 1.53. The second kappa shape index (κ2) is 9.18. The number of ether oxygens (including phenoxy) is 2. The van der Waals surface area contributed by atoms with Gasteiger partial charge in [-0.05, 0) is 43.3 Å². The van der Waals surface area contributed by atoms with Gasteiger partial charge in [-0.3, -0.25) is 14.4 Å². The minimum Gasteiger partial charge on any atom is -0.493 e. The minimum absolute atomic E-state index is 0.0417. The number of nitrogens with zero attached hydrogens (tertiary/aromatic N) is 1. The van der Waals surface area contributed by atoms with E-state index in [0.717, 1.165) is 0 Å². The Kier molecular flexibility index (Phi) is 6.43. The third-order valence-corrected chi connectivity index (χ3v) is 4.37. The van der Waals surface area contributed by atoms with Gasteiger partial charge in [0.2, 0.25) is 5.91 Å². The summed E-state index contributed by atoms with van der Waals surface area (Å²) in [6.07, 6.45) is 0.0801. The second-order valence-electron chi connectivity index (χ2n) is 6.60. The van der Waals surface area contributed by atoms with E-state index in [4.69, 9.17) is 9.47 Å². The van der Waals surface area contributed by atoms with Crippen LogP contribution in [0.5, 0.6) is 5.75 Å². The highest BCUT2D eigenvalue weighted by atomic mass is 19.1. The van der Waals surface area contributed by atoms with Gasteiger partial charge in [0.05, 0.1) is 24.4 Å². The average Bonchev–Trinajstić information content (AvgIpc) is 2.82. The first-order valence-electron chi connectivity index (χ1n) is 9.19. The number of fused-ring (bicyclic) bond motifs is 1. The minimum atomic E-state index is -0.592. The van der Waals surface area contributed by atoms with Crippen LogP contribution in [0.2, 0.25) is 0 Å². The number of nitrogens with one attached hydrogen (secondary N) is 1. The normalized spacial score (nSPS) is 15.7. The Hall–Kier alpha value is -3.42. The van der Waals surface area contributed by atoms with E-state index >= 15 is 0 Å². The smallest absolute Gasteiger partial charge is 0.309 e. The summed E-state index contributed by atoms with van der Waals surface area (Å²) in [7, 11) is 0. The molecule has 29 heavy (non-hydrogen) atoms. The van der Waals surface area contributed by atoms with Gasteiger partial charge in [-0.2, -0.15) is 0 Å². The molecule has 1 heterocycles. The molecule has 1 aliphatic heterocycles. The summed E-state index contributed by atoms with van der Waals surface area (Å²) in [6, 6.07) is 12.0. The maximum Gasteiger partial charge on any atom is 0.309 e. The van der Waals surface area contributed by atoms with Crippen molar-refractivity contribution in [2.45, 2.75) is 25.8 Å². The van der Waals surface area contributed by atoms with Gasteiger partial charge in [0.1, 0.15) is 11.6 Å². The molecular weight excluding hydrogens is 379 g/mol. The second-order valence-corrected chi connectivity index (χ2v) is 6.60. The fraction of sp³-hybridized carbons (Fsp3) is 0.286. The van der Waals surface area contributed by atoms with E-state index in [1.807, 2.05) is 0 Å². The predicted molar refractivity (Wildman–Crippen MR) is 104 cm³/mol. The average molecular weight is 400 g/mol. The summed E-state index contributed by atoms with van der Waals surface area (Å²) >= 11 is 0. The number of para-hydroxylation sites is 2. The molecule has 8 heteroatoms. The van der Waals surface area contributed by atoms with Crippen molar-refractivity contribution in [3.8, 4) is 5.75 Å². The lowest BCUT2D eigenvalue weighted by Crippen LogP contribution is -2.41. The van der Waals surface area contributed by atoms with Crippen LogP contribution in [0, 0.1) is 5.82 Å². The third kappa shape index (κ3) is 5.31. The molecule has 2 amide bonds. The molecule has 2 aromatic rings. The summed E-state index contributed by atoms with van der Waals surface area (Å²) in [5.41, 5.74) is 1.10. The zero-order valence-electron chi connectivity index (χ0n) is 15.9. The van der Waals surface area contributed by atoms with Gasteiger partial charge in [0, 0.05) is 12.5 Å². The molecule has 0 bridgehead atoms. The summed E-state index contributed by atoms with van der Waals surface area (Å²) in [5, 5.41) is 2.77. The van der Waals surface area contributed by atoms with E-state index in [1.165, 1.54) is 29.2 Å². The van der Waals surface area contributed by atoms with Crippen molar-refractivity contribution in [3.63, 3.8) is 0 Å². The van der Waals surface area contributed by atoms with Crippen molar-refractivity contribution in [1.29, 1.82) is 0 Å². The number of hydrogen-bond acceptors (Lipinski definition) is 5. The van der Waals surface area contributed by atoms with Crippen LogP contribution in [0.3, 0.4) is 0 Å². The third-order valence-electron chi connectivity index (χ3n) is 4.37. The lowest BCUT2D eigenvalue weighted by Gasteiger charge is -2.27. The van der Waals surface area contributed by atoms with Crippen LogP contribution in [0.4, 0.5) is 15.8 Å². The summed E-state index contributed by atoms with van der Waals surface area (Å²) in [5.74, 6) is -1.14. The summed E-state index contributed by atoms with van der Waals surface area (Å²) in [6.45, 7) is 1.36. The number of hydrogen-bond donors (Lipinski definition) is 1. The Bertz CT molecular complexity index is 900. The maximum atomic E-state index is 12.8. The molecule has 1 aliphatic rings. The van der Waals surface area contributed by atoms with Gasteiger partial charge in [-0.15, -0.1) is 0 Å². The number of esters is 1. The molecule has 3 rings (SSSR count). The number of carbonyl (C=O) groups excluding carboxylic acids is 3. The van der Waals surface area contributed by atoms with Gasteiger partial charge in [0.25, 0.3) is 5.91 Å². The highest BCUT2D eigenvalue weighted by molar-refractivity contribution is 6.05. The molecule has 0 saturated heterocycles. The van der Waals surface area contributed by atoms with Crippen molar-refractivity contribution < 1.29 is 28.2 Å². The summed E-state index contributed by atoms with van der Waals surface area (Å²) in [4.78, 5) is 38.1. The van der Waals surface area contributed by atoms with Crippen molar-refractivity contribution in [3.05, 3.63) is 54.3 Å². The standard InChI is InChI=1S/C21H21FN2O5/c1-14-12-19(25)23-17-4-2-3-5-18(17)24(14)20(26)13-29-21(27)10-11-28-16-8-6-15(22)7-9-16/h2-9,14H,10-13H2,1H3,(H,23,25)/t14-/m0/s1. The van der Waals surface area contributed by atoms with Crippen LogP contribution in [-0.2, 0) is 19.1 Å². The van der Waals surface area contributed by atoms with Crippen LogP contribution in [0.1, 0.15) is 19.8 Å². The van der Waals surface area contributed by atoms with E-state index in [1.54, 1.807) is 31.2 Å². The van der Waals surface area contributed by atoms with Gasteiger partial charge >= 0.3 is 5.97 Å². The van der Waals surface area contributed by atoms with Crippen LogP contribution in [0.15, 0.2) is 48.5 Å². The summed E-state index contributed by atoms with van der Waals surface area (Å²) < 4.78 is 23.3. The van der Waals surface area contributed by atoms with Crippen LogP contribution in [0.25, 0.3) is 0 Å². The number of anilines is 2. The van der Waals surface area contributed by atoms with Crippen LogP contribution >= 0.6 is 0 Å². The molecule has 0 unspecified atom stereocenters. The fourth-order valence-corrected chi connectivity index (χ4v) is 3.03. The quantitative estimate of drug-likeness (QED) is 0.754. The molecule has 0 aliphatic carbocycles. The maximum absolute atomic E-state index is 12.8. The molecule has 1 N–H and O–H groups in total. The van der Waals surface area contributed by atoms with Crippen molar-refractivity contribution >= 4 is 29.2 Å². The molecule has 0 aromatic heterocycles. The van der Waals surface area contributed by atoms with Crippen molar-refractivity contribution in [1.82, 2.24) is 0 Å². The first kappa shape index (κ1) is 20.3. The van der Waals surface area contributed by atoms with E-state index in [-0.39, 0.29) is 37.2 Å². The van der Waals surface area contributed by atoms with Crippen molar-refractivity contribution in [2.75, 3.05) is 23.4 Å². The Morgan fingerprint density at radius 3 is 2.66 bits per heavy atom. The van der Waals surface area contributed by atoms with Gasteiger partial charge in [0.15, 0.2) is 6.61 Å². The highest BCUT2D eigenvalue weighted by Gasteiger charge is 2.30. The van der Waals surface area contributed by atoms with E-state index in [0.29, 0.717) is 17.1 Å². The molecule has 1 atom stereocenters. The zero-order chi connectivity index (χ0) is 20.8. The highest BCUT2D eigenvalue weighted by Crippen LogP contribution is 2.31. The number of carbonyl (C=O) groups is 3. The molecule has 0 fully saturated rings. The Labute approximate surface area is 167 Å². The van der Waals surface area contributed by atoms with Gasteiger partial charge in [-0.1, -0.05) is 12.1 Å². The van der Waals surface area contributed by atoms with Gasteiger partial charge in [-0.25, -0.2) is 4.39 Å². The number of amides is 2. The largest absolute Gasteiger partial charge is 0.493 e. The van der Waals surface area contributed by atoms with Gasteiger partial charge < -0.3 is 19.7 Å². The van der Waals surface area contributed by atoms with Crippen LogP contribution < -0.4 is 15.0 Å². The number of benzene rings is 2. The Morgan fingerprint density at radius 1 is 1.17 bits per heavy atom. The van der Waals surface area contributed by atoms with E-state index < -0.39 is 18.5 Å². The van der Waals surface area contributed by atoms with Crippen molar-refractivity contribution in [2.24, 2.45) is 0 Å². The first-order valence-corrected chi connectivity index (χ1v) is 9.19. The molecule has 7 nitrogen and oxygen atoms in total. The molecule has 0 radical (unpaired) electrons. The zero-order valence-corrected chi connectivity index (χ0v) is 15.9. The van der Waals surface area contributed by atoms with Crippen LogP contribution in [-0.4, -0.2) is 37.0 Å². The molecule has 2 aromatic carbocycles. The fourth-order valence-electron chi connectivity index (χ4n) is 3.03. The molecule has 152 valence electrons. The number of rotatable bonds is 6. The SMILES string of the molecule is C[C@H]1CC(=O)Nc2ccccc2N1C(=O)COC(=O)CCOc1ccc(F)cc1. The Morgan fingerprint density at radius 2 is 1.90 bits per heavy atom. The monoisotopic (exact) mass is 400 g/mol.